The van der Waals surface area contributed by atoms with Gasteiger partial charge in [0.1, 0.15) is 6.54 Å². The highest BCUT2D eigenvalue weighted by Gasteiger charge is 2.50. The number of carbonyl (C=O) groups is 3. The topological polar surface area (TPSA) is 87.7 Å². The number of nitrogens with one attached hydrogen (secondary N) is 2. The number of rotatable bonds is 7. The van der Waals surface area contributed by atoms with Gasteiger partial charge in [-0.05, 0) is 42.0 Å². The third-order valence-electron chi connectivity index (χ3n) is 6.17. The molecule has 2 heterocycles. The maximum absolute atomic E-state index is 12.9. The summed E-state index contributed by atoms with van der Waals surface area (Å²) in [5.41, 5.74) is 2.26. The number of hydrogen-bond acceptors (Lipinski definition) is 5. The van der Waals surface area contributed by atoms with Crippen LogP contribution in [-0.2, 0) is 20.9 Å². The molecule has 2 atom stereocenters. The third-order valence-corrected chi connectivity index (χ3v) is 6.17. The Balaban J connectivity index is 1.31. The lowest BCUT2D eigenvalue weighted by molar-refractivity contribution is -0.139. The number of nitrogens with zero attached hydrogens (tertiary/aromatic N) is 1. The van der Waals surface area contributed by atoms with E-state index in [2.05, 4.69) is 44.5 Å². The predicted molar refractivity (Wildman–Crippen MR) is 116 cm³/mol. The highest BCUT2D eigenvalue weighted by molar-refractivity contribution is 5.99. The van der Waals surface area contributed by atoms with Crippen LogP contribution >= 0.6 is 0 Å². The van der Waals surface area contributed by atoms with E-state index in [0.717, 1.165) is 26.1 Å². The van der Waals surface area contributed by atoms with E-state index in [1.54, 1.807) is 24.3 Å². The molecule has 31 heavy (non-hydrogen) atoms. The Morgan fingerprint density at radius 1 is 1.03 bits per heavy atom. The third kappa shape index (κ3) is 4.94. The standard InChI is InChI=1S/C24H27N3O4/c1-31-21(28)12-25-23(29)17-8-5-9-20(11-17)26-24(30)22-18-10-19(22)15-27(14-18)13-16-6-3-2-4-7-16/h2-9,11,18-19,22H,10,12-15H2,1H3,(H,25,29)(H,26,30)/t18-,19-/m0/s1. The summed E-state index contributed by atoms with van der Waals surface area (Å²) in [7, 11) is 1.27. The molecular weight excluding hydrogens is 394 g/mol. The van der Waals surface area contributed by atoms with Gasteiger partial charge >= 0.3 is 5.97 Å². The van der Waals surface area contributed by atoms with Crippen molar-refractivity contribution in [3.05, 3.63) is 65.7 Å². The van der Waals surface area contributed by atoms with E-state index in [-0.39, 0.29) is 18.4 Å². The quantitative estimate of drug-likeness (QED) is 0.670. The number of carbonyl (C=O) groups excluding carboxylic acids is 3. The Bertz CT molecular complexity index is 950. The van der Waals surface area contributed by atoms with Crippen molar-refractivity contribution in [1.82, 2.24) is 10.2 Å². The number of benzene rings is 2. The highest BCUT2D eigenvalue weighted by atomic mass is 16.5. The summed E-state index contributed by atoms with van der Waals surface area (Å²) in [5, 5.41) is 5.48. The number of amides is 2. The van der Waals surface area contributed by atoms with Crippen LogP contribution in [0.5, 0.6) is 0 Å². The molecule has 3 fully saturated rings. The minimum absolute atomic E-state index is 0.0174. The summed E-state index contributed by atoms with van der Waals surface area (Å²) in [4.78, 5) is 38.8. The van der Waals surface area contributed by atoms with Gasteiger partial charge in [-0.15, -0.1) is 0 Å². The summed E-state index contributed by atoms with van der Waals surface area (Å²) >= 11 is 0. The number of methoxy groups -OCH3 is 1. The van der Waals surface area contributed by atoms with Crippen LogP contribution in [0.15, 0.2) is 54.6 Å². The zero-order chi connectivity index (χ0) is 21.8. The predicted octanol–water partition coefficient (Wildman–Crippen LogP) is 2.30. The SMILES string of the molecule is COC(=O)CNC(=O)c1cccc(NC(=O)C2[C@H]3C[C@H]2CN(Cc2ccccc2)C3)c1. The van der Waals surface area contributed by atoms with Crippen LogP contribution in [0.1, 0.15) is 22.3 Å². The van der Waals surface area contributed by atoms with Crippen LogP contribution in [0.25, 0.3) is 0 Å². The monoisotopic (exact) mass is 421 g/mol. The highest BCUT2D eigenvalue weighted by Crippen LogP contribution is 2.46. The van der Waals surface area contributed by atoms with E-state index in [1.165, 1.54) is 12.7 Å². The van der Waals surface area contributed by atoms with Crippen LogP contribution in [-0.4, -0.2) is 49.4 Å². The molecule has 5 rings (SSSR count). The van der Waals surface area contributed by atoms with Gasteiger partial charge < -0.3 is 15.4 Å². The van der Waals surface area contributed by atoms with Gasteiger partial charge in [0.2, 0.25) is 5.91 Å². The van der Waals surface area contributed by atoms with Crippen molar-refractivity contribution >= 4 is 23.5 Å². The Morgan fingerprint density at radius 3 is 2.48 bits per heavy atom. The Morgan fingerprint density at radius 2 is 1.77 bits per heavy atom. The Kier molecular flexibility index (Phi) is 6.32. The zero-order valence-corrected chi connectivity index (χ0v) is 17.5. The molecule has 2 saturated heterocycles. The lowest BCUT2D eigenvalue weighted by Gasteiger charge is -2.52. The first kappa shape index (κ1) is 21.1. The molecule has 162 valence electrons. The van der Waals surface area contributed by atoms with Crippen molar-refractivity contribution in [1.29, 1.82) is 0 Å². The maximum Gasteiger partial charge on any atom is 0.325 e. The molecule has 0 aromatic heterocycles. The molecule has 2 amide bonds. The first-order chi connectivity index (χ1) is 15.0. The van der Waals surface area contributed by atoms with E-state index in [1.807, 2.05) is 6.07 Å². The van der Waals surface area contributed by atoms with Crippen LogP contribution in [0.3, 0.4) is 0 Å². The smallest absolute Gasteiger partial charge is 0.325 e. The normalized spacial score (nSPS) is 22.2. The molecule has 2 aromatic rings. The second kappa shape index (κ2) is 9.31. The van der Waals surface area contributed by atoms with E-state index in [4.69, 9.17) is 0 Å². The molecule has 3 aliphatic rings. The molecule has 2 bridgehead atoms. The molecule has 7 heteroatoms. The Labute approximate surface area is 181 Å². The van der Waals surface area contributed by atoms with Crippen molar-refractivity contribution in [2.75, 3.05) is 32.1 Å². The van der Waals surface area contributed by atoms with Crippen molar-refractivity contribution < 1.29 is 19.1 Å². The number of esters is 1. The minimum atomic E-state index is -0.518. The largest absolute Gasteiger partial charge is 0.468 e. The second-order valence-electron chi connectivity index (χ2n) is 8.29. The fourth-order valence-electron chi connectivity index (χ4n) is 4.67. The average Bonchev–Trinajstić information content (AvgIpc) is 2.78. The lowest BCUT2D eigenvalue weighted by Crippen LogP contribution is -2.58. The van der Waals surface area contributed by atoms with Gasteiger partial charge in [-0.3, -0.25) is 19.3 Å². The van der Waals surface area contributed by atoms with Gasteiger partial charge in [-0.1, -0.05) is 36.4 Å². The molecule has 0 unspecified atom stereocenters. The molecule has 2 aliphatic heterocycles. The molecule has 0 spiro atoms. The minimum Gasteiger partial charge on any atom is -0.468 e. The van der Waals surface area contributed by atoms with Crippen LogP contribution in [0.2, 0.25) is 0 Å². The zero-order valence-electron chi connectivity index (χ0n) is 17.5. The first-order valence-electron chi connectivity index (χ1n) is 10.6. The summed E-state index contributed by atoms with van der Waals surface area (Å²) < 4.78 is 4.52. The van der Waals surface area contributed by atoms with E-state index in [0.29, 0.717) is 23.1 Å². The Hall–Kier alpha value is -3.19. The second-order valence-corrected chi connectivity index (χ2v) is 8.29. The van der Waals surface area contributed by atoms with Gasteiger partial charge in [0.15, 0.2) is 0 Å². The number of fused-ring (bicyclic) bond motifs is 2. The number of hydrogen-bond donors (Lipinski definition) is 2. The molecule has 1 saturated carbocycles. The fourth-order valence-corrected chi connectivity index (χ4v) is 4.67. The molecule has 2 N–H and O–H groups in total. The van der Waals surface area contributed by atoms with Gasteiger partial charge in [0.05, 0.1) is 7.11 Å². The molecule has 0 radical (unpaired) electrons. The maximum atomic E-state index is 12.9. The van der Waals surface area contributed by atoms with Crippen LogP contribution in [0, 0.1) is 17.8 Å². The fraction of sp³-hybridized carbons (Fsp3) is 0.375. The number of ether oxygens (including phenoxy) is 1. The molecule has 7 nitrogen and oxygen atoms in total. The summed E-state index contributed by atoms with van der Waals surface area (Å²) in [6.45, 7) is 2.58. The van der Waals surface area contributed by atoms with Gasteiger partial charge in [0.25, 0.3) is 5.91 Å². The summed E-state index contributed by atoms with van der Waals surface area (Å²) in [6.07, 6.45) is 1.10. The van der Waals surface area contributed by atoms with E-state index >= 15 is 0 Å². The number of anilines is 1. The summed E-state index contributed by atoms with van der Waals surface area (Å²) in [6, 6.07) is 17.2. The molecule has 2 aromatic carbocycles. The van der Waals surface area contributed by atoms with E-state index < -0.39 is 11.9 Å². The van der Waals surface area contributed by atoms with Crippen LogP contribution < -0.4 is 10.6 Å². The van der Waals surface area contributed by atoms with E-state index in [9.17, 15) is 14.4 Å². The van der Waals surface area contributed by atoms with Crippen molar-refractivity contribution in [3.63, 3.8) is 0 Å². The van der Waals surface area contributed by atoms with Gasteiger partial charge in [-0.2, -0.15) is 0 Å². The molecular formula is C24H27N3O4. The average molecular weight is 421 g/mol. The van der Waals surface area contributed by atoms with Gasteiger partial charge in [0, 0.05) is 36.8 Å². The summed E-state index contributed by atoms with van der Waals surface area (Å²) in [5.74, 6) is -0.131. The molecule has 1 aliphatic carbocycles. The number of piperidine rings is 2. The van der Waals surface area contributed by atoms with Crippen molar-refractivity contribution in [2.24, 2.45) is 17.8 Å². The van der Waals surface area contributed by atoms with Crippen molar-refractivity contribution in [2.45, 2.75) is 13.0 Å². The van der Waals surface area contributed by atoms with Gasteiger partial charge in [-0.25, -0.2) is 0 Å². The first-order valence-corrected chi connectivity index (χ1v) is 10.6. The van der Waals surface area contributed by atoms with Crippen LogP contribution in [0.4, 0.5) is 5.69 Å². The van der Waals surface area contributed by atoms with Crippen molar-refractivity contribution in [3.8, 4) is 0 Å². The lowest BCUT2D eigenvalue weighted by atomic mass is 9.61.